The topological polar surface area (TPSA) is 59.6 Å². The number of rotatable bonds is 4. The SMILES string of the molecule is COC1(CN=C(N)NC2CC2)CCC(C)CC1. The molecule has 3 N–H and O–H groups in total. The van der Waals surface area contributed by atoms with Gasteiger partial charge in [0.1, 0.15) is 0 Å². The van der Waals surface area contributed by atoms with Crippen LogP contribution in [0.25, 0.3) is 0 Å². The van der Waals surface area contributed by atoms with E-state index in [9.17, 15) is 0 Å². The normalized spacial score (nSPS) is 34.7. The standard InChI is InChI=1S/C13H25N3O/c1-10-5-7-13(17-2,8-6-10)9-15-12(14)16-11-3-4-11/h10-11H,3-9H2,1-2H3,(H3,14,15,16). The molecule has 0 amide bonds. The summed E-state index contributed by atoms with van der Waals surface area (Å²) >= 11 is 0. The van der Waals surface area contributed by atoms with Crippen LogP contribution in [0, 0.1) is 5.92 Å². The summed E-state index contributed by atoms with van der Waals surface area (Å²) in [6.07, 6.45) is 7.13. The van der Waals surface area contributed by atoms with E-state index in [0.29, 0.717) is 18.5 Å². The quantitative estimate of drug-likeness (QED) is 0.579. The van der Waals surface area contributed by atoms with E-state index >= 15 is 0 Å². The highest BCUT2D eigenvalue weighted by Gasteiger charge is 2.34. The van der Waals surface area contributed by atoms with Gasteiger partial charge < -0.3 is 15.8 Å². The van der Waals surface area contributed by atoms with Crippen LogP contribution in [0.3, 0.4) is 0 Å². The minimum atomic E-state index is -0.0671. The summed E-state index contributed by atoms with van der Waals surface area (Å²) in [4.78, 5) is 4.45. The molecule has 4 heteroatoms. The number of nitrogens with one attached hydrogen (secondary N) is 1. The zero-order chi connectivity index (χ0) is 12.3. The first-order valence-corrected chi connectivity index (χ1v) is 6.75. The zero-order valence-corrected chi connectivity index (χ0v) is 11.0. The van der Waals surface area contributed by atoms with Crippen LogP contribution in [0.2, 0.25) is 0 Å². The van der Waals surface area contributed by atoms with E-state index in [2.05, 4.69) is 17.2 Å². The van der Waals surface area contributed by atoms with Gasteiger partial charge in [-0.3, -0.25) is 4.99 Å². The lowest BCUT2D eigenvalue weighted by atomic mass is 9.79. The van der Waals surface area contributed by atoms with Crippen LogP contribution in [0.1, 0.15) is 45.4 Å². The van der Waals surface area contributed by atoms with Crippen molar-refractivity contribution in [3.63, 3.8) is 0 Å². The third kappa shape index (κ3) is 3.60. The Hall–Kier alpha value is -0.770. The Kier molecular flexibility index (Phi) is 3.92. The fourth-order valence-corrected chi connectivity index (χ4v) is 2.43. The number of methoxy groups -OCH3 is 1. The average molecular weight is 239 g/mol. The van der Waals surface area contributed by atoms with Crippen molar-refractivity contribution < 1.29 is 4.74 Å². The molecule has 0 aliphatic heterocycles. The number of guanidine groups is 1. The zero-order valence-electron chi connectivity index (χ0n) is 11.0. The largest absolute Gasteiger partial charge is 0.376 e. The van der Waals surface area contributed by atoms with Crippen LogP contribution in [0.15, 0.2) is 4.99 Å². The van der Waals surface area contributed by atoms with Crippen molar-refractivity contribution in [2.45, 2.75) is 57.1 Å². The molecule has 0 saturated heterocycles. The molecule has 2 fully saturated rings. The average Bonchev–Trinajstić information content (AvgIpc) is 3.13. The van der Waals surface area contributed by atoms with Gasteiger partial charge in [-0.05, 0) is 44.4 Å². The molecule has 0 bridgehead atoms. The van der Waals surface area contributed by atoms with Gasteiger partial charge in [-0.1, -0.05) is 6.92 Å². The summed E-state index contributed by atoms with van der Waals surface area (Å²) in [5.74, 6) is 1.41. The minimum absolute atomic E-state index is 0.0671. The summed E-state index contributed by atoms with van der Waals surface area (Å²) in [5, 5.41) is 3.22. The Morgan fingerprint density at radius 3 is 2.53 bits per heavy atom. The van der Waals surface area contributed by atoms with Gasteiger partial charge in [0.15, 0.2) is 5.96 Å². The Balaban J connectivity index is 1.85. The molecule has 0 aromatic rings. The van der Waals surface area contributed by atoms with Gasteiger partial charge >= 0.3 is 0 Å². The van der Waals surface area contributed by atoms with E-state index in [1.54, 1.807) is 7.11 Å². The lowest BCUT2D eigenvalue weighted by Gasteiger charge is -2.37. The van der Waals surface area contributed by atoms with Crippen LogP contribution < -0.4 is 11.1 Å². The molecule has 0 aromatic heterocycles. The molecule has 4 nitrogen and oxygen atoms in total. The third-order valence-corrected chi connectivity index (χ3v) is 4.09. The predicted molar refractivity (Wildman–Crippen MR) is 70.0 cm³/mol. The highest BCUT2D eigenvalue weighted by molar-refractivity contribution is 5.78. The molecule has 0 aromatic carbocycles. The Morgan fingerprint density at radius 1 is 1.35 bits per heavy atom. The van der Waals surface area contributed by atoms with Crippen LogP contribution in [-0.4, -0.2) is 31.3 Å². The summed E-state index contributed by atoms with van der Waals surface area (Å²) in [5.41, 5.74) is 5.79. The van der Waals surface area contributed by atoms with E-state index in [1.165, 1.54) is 25.7 Å². The van der Waals surface area contributed by atoms with Gasteiger partial charge in [-0.15, -0.1) is 0 Å². The van der Waals surface area contributed by atoms with Crippen molar-refractivity contribution in [1.82, 2.24) is 5.32 Å². The number of hydrogen-bond acceptors (Lipinski definition) is 2. The van der Waals surface area contributed by atoms with E-state index in [0.717, 1.165) is 18.8 Å². The second-order valence-corrected chi connectivity index (χ2v) is 5.69. The van der Waals surface area contributed by atoms with Gasteiger partial charge in [-0.25, -0.2) is 0 Å². The fourth-order valence-electron chi connectivity index (χ4n) is 2.43. The molecular formula is C13H25N3O. The van der Waals surface area contributed by atoms with Crippen molar-refractivity contribution in [2.24, 2.45) is 16.6 Å². The molecule has 0 heterocycles. The Labute approximate surface area is 104 Å². The first-order chi connectivity index (χ1) is 8.13. The summed E-state index contributed by atoms with van der Waals surface area (Å²) < 4.78 is 5.71. The van der Waals surface area contributed by atoms with E-state index in [4.69, 9.17) is 10.5 Å². The van der Waals surface area contributed by atoms with E-state index in [-0.39, 0.29) is 5.60 Å². The number of ether oxygens (including phenoxy) is 1. The van der Waals surface area contributed by atoms with Crippen molar-refractivity contribution in [3.05, 3.63) is 0 Å². The molecule has 0 atom stereocenters. The first kappa shape index (κ1) is 12.7. The monoisotopic (exact) mass is 239 g/mol. The number of hydrogen-bond donors (Lipinski definition) is 2. The lowest BCUT2D eigenvalue weighted by molar-refractivity contribution is -0.0394. The van der Waals surface area contributed by atoms with Crippen LogP contribution in [0.4, 0.5) is 0 Å². The number of nitrogens with zero attached hydrogens (tertiary/aromatic N) is 1. The molecule has 0 spiro atoms. The molecule has 2 aliphatic carbocycles. The van der Waals surface area contributed by atoms with Crippen molar-refractivity contribution in [3.8, 4) is 0 Å². The van der Waals surface area contributed by atoms with Gasteiger partial charge in [-0.2, -0.15) is 0 Å². The highest BCUT2D eigenvalue weighted by atomic mass is 16.5. The van der Waals surface area contributed by atoms with E-state index in [1.807, 2.05) is 0 Å². The second kappa shape index (κ2) is 5.25. The van der Waals surface area contributed by atoms with Crippen LogP contribution in [0.5, 0.6) is 0 Å². The Morgan fingerprint density at radius 2 is 2.00 bits per heavy atom. The molecular weight excluding hydrogens is 214 g/mol. The van der Waals surface area contributed by atoms with Gasteiger partial charge in [0, 0.05) is 13.2 Å². The summed E-state index contributed by atoms with van der Waals surface area (Å²) in [7, 11) is 1.80. The van der Waals surface area contributed by atoms with E-state index < -0.39 is 0 Å². The second-order valence-electron chi connectivity index (χ2n) is 5.69. The van der Waals surface area contributed by atoms with Gasteiger partial charge in [0.25, 0.3) is 0 Å². The smallest absolute Gasteiger partial charge is 0.188 e. The van der Waals surface area contributed by atoms with Gasteiger partial charge in [0.2, 0.25) is 0 Å². The molecule has 17 heavy (non-hydrogen) atoms. The summed E-state index contributed by atoms with van der Waals surface area (Å²) in [6.45, 7) is 3.01. The predicted octanol–water partition coefficient (Wildman–Crippen LogP) is 1.65. The maximum atomic E-state index is 5.86. The third-order valence-electron chi connectivity index (χ3n) is 4.09. The highest BCUT2D eigenvalue weighted by Crippen LogP contribution is 2.34. The maximum Gasteiger partial charge on any atom is 0.188 e. The van der Waals surface area contributed by atoms with Crippen molar-refractivity contribution >= 4 is 5.96 Å². The lowest BCUT2D eigenvalue weighted by Crippen LogP contribution is -2.41. The number of nitrogens with two attached hydrogens (primary N) is 1. The Bertz CT molecular complexity index is 278. The molecule has 2 rings (SSSR count). The molecule has 0 radical (unpaired) electrons. The first-order valence-electron chi connectivity index (χ1n) is 6.75. The number of aliphatic imine (C=N–C) groups is 1. The minimum Gasteiger partial charge on any atom is -0.376 e. The van der Waals surface area contributed by atoms with Crippen molar-refractivity contribution in [2.75, 3.05) is 13.7 Å². The maximum absolute atomic E-state index is 5.86. The van der Waals surface area contributed by atoms with Crippen LogP contribution >= 0.6 is 0 Å². The molecule has 2 saturated carbocycles. The fraction of sp³-hybridized carbons (Fsp3) is 0.923. The molecule has 98 valence electrons. The molecule has 2 aliphatic rings. The van der Waals surface area contributed by atoms with Gasteiger partial charge in [0.05, 0.1) is 12.1 Å². The molecule has 0 unspecified atom stereocenters. The van der Waals surface area contributed by atoms with Crippen LogP contribution in [-0.2, 0) is 4.74 Å². The summed E-state index contributed by atoms with van der Waals surface area (Å²) in [6, 6.07) is 0.573. The van der Waals surface area contributed by atoms with Crippen molar-refractivity contribution in [1.29, 1.82) is 0 Å².